The van der Waals surface area contributed by atoms with Gasteiger partial charge in [-0.25, -0.2) is 9.59 Å². The summed E-state index contributed by atoms with van der Waals surface area (Å²) >= 11 is 0. The Bertz CT molecular complexity index is 3340. The van der Waals surface area contributed by atoms with Gasteiger partial charge in [-0.2, -0.15) is 20.5 Å². The lowest BCUT2D eigenvalue weighted by molar-refractivity contribution is -0.121. The number of benzene rings is 4. The molecule has 4 heterocycles. The van der Waals surface area contributed by atoms with Crippen LogP contribution in [0.3, 0.4) is 0 Å². The van der Waals surface area contributed by atoms with Crippen LogP contribution in [0.25, 0.3) is 54.6 Å². The molecule has 6 N–H and O–H groups in total. The third kappa shape index (κ3) is 12.3. The van der Waals surface area contributed by atoms with Gasteiger partial charge < -0.3 is 49.4 Å². The van der Waals surface area contributed by atoms with E-state index in [0.717, 1.165) is 12.1 Å². The summed E-state index contributed by atoms with van der Waals surface area (Å²) in [6.07, 6.45) is 7.02. The maximum absolute atomic E-state index is 12.8. The van der Waals surface area contributed by atoms with Crippen LogP contribution in [0.15, 0.2) is 129 Å². The molecule has 0 saturated carbocycles. The smallest absolute Gasteiger partial charge is 0.413 e. The van der Waals surface area contributed by atoms with Gasteiger partial charge >= 0.3 is 12.2 Å². The Morgan fingerprint density at radius 2 is 1.11 bits per heavy atom. The maximum atomic E-state index is 12.8. The number of aromatic hydroxyl groups is 4. The van der Waals surface area contributed by atoms with E-state index in [4.69, 9.17) is 30.3 Å². The number of phenols is 4. The lowest BCUT2D eigenvalue weighted by Gasteiger charge is -2.16. The highest BCUT2D eigenvalue weighted by molar-refractivity contribution is 5.91. The topological polar surface area (TPSA) is 350 Å². The van der Waals surface area contributed by atoms with Crippen LogP contribution in [0, 0.1) is 12.3 Å². The number of hydrogen-bond donors (Lipinski definition) is 6. The largest absolute Gasteiger partial charge is 0.508 e. The summed E-state index contributed by atoms with van der Waals surface area (Å²) in [4.78, 5) is 77.9. The molecule has 0 saturated heterocycles. The van der Waals surface area contributed by atoms with E-state index >= 15 is 0 Å². The zero-order chi connectivity index (χ0) is 51.0. The fourth-order valence-electron chi connectivity index (χ4n) is 6.95. The minimum Gasteiger partial charge on any atom is -0.508 e. The number of fused-ring (bicyclic) bond motifs is 2. The number of carbonyl (C=O) groups is 4. The number of Topliss-reactive ketones (excluding diaryl/α,β-unsaturated/α-hetero) is 2. The Kier molecular flexibility index (Phi) is 14.4. The monoisotopic (exact) mass is 967 g/mol. The molecule has 0 spiro atoms. The van der Waals surface area contributed by atoms with E-state index in [9.17, 15) is 49.2 Å². The Balaban J connectivity index is 0.000000209. The summed E-state index contributed by atoms with van der Waals surface area (Å²) in [5.74, 6) is 0.753. The first-order valence-electron chi connectivity index (χ1n) is 21.4. The molecule has 4 aromatic carbocycles. The number of nitrogens with one attached hydrogen (secondary N) is 2. The molecule has 8 rings (SSSR count). The molecule has 362 valence electrons. The molecule has 0 fully saturated rings. The first-order valence-corrected chi connectivity index (χ1v) is 21.4. The van der Waals surface area contributed by atoms with E-state index in [1.807, 2.05) is 0 Å². The van der Waals surface area contributed by atoms with Crippen molar-refractivity contribution < 1.29 is 57.9 Å². The third-order valence-electron chi connectivity index (χ3n) is 11.0. The number of hydrogen-bond acceptors (Lipinski definition) is 19. The lowest BCUT2D eigenvalue weighted by Crippen LogP contribution is -2.44. The zero-order valence-corrected chi connectivity index (χ0v) is 37.6. The van der Waals surface area contributed by atoms with Crippen LogP contribution >= 0.6 is 0 Å². The molecule has 2 aromatic heterocycles. The summed E-state index contributed by atoms with van der Waals surface area (Å²) in [5, 5.41) is 62.7. The molecule has 2 amide bonds. The van der Waals surface area contributed by atoms with Crippen LogP contribution in [-0.2, 0) is 9.59 Å². The van der Waals surface area contributed by atoms with Gasteiger partial charge in [0, 0.05) is 61.3 Å². The predicted octanol–water partition coefficient (Wildman–Crippen LogP) is 8.05. The van der Waals surface area contributed by atoms with Crippen LogP contribution in [0.2, 0.25) is 0 Å². The Labute approximate surface area is 400 Å². The molecular formula is C48H41N9O14. The molecule has 23 heteroatoms. The number of azide groups is 1. The van der Waals surface area contributed by atoms with E-state index in [2.05, 4.69) is 47.0 Å². The average molecular weight is 968 g/mol. The first-order chi connectivity index (χ1) is 33.9. The zero-order valence-electron chi connectivity index (χ0n) is 37.6. The number of amides is 2. The van der Waals surface area contributed by atoms with Crippen molar-refractivity contribution in [3.63, 3.8) is 0 Å². The number of ketones is 2. The number of ether oxygens (including phenoxy) is 2. The first kappa shape index (κ1) is 49.4. The van der Waals surface area contributed by atoms with E-state index in [0.29, 0.717) is 24.0 Å². The van der Waals surface area contributed by atoms with E-state index in [1.54, 1.807) is 13.8 Å². The van der Waals surface area contributed by atoms with Crippen molar-refractivity contribution >= 4 is 45.7 Å². The second-order valence-corrected chi connectivity index (χ2v) is 16.4. The van der Waals surface area contributed by atoms with Gasteiger partial charge in [-0.05, 0) is 54.8 Å². The van der Waals surface area contributed by atoms with Gasteiger partial charge in [0.25, 0.3) is 0 Å². The number of phenolic OH excluding ortho intramolecular Hbond substituents is 4. The summed E-state index contributed by atoms with van der Waals surface area (Å²) in [6.45, 7) is 3.29. The molecular weight excluding hydrogens is 927 g/mol. The van der Waals surface area contributed by atoms with E-state index < -0.39 is 58.0 Å². The summed E-state index contributed by atoms with van der Waals surface area (Å²) in [7, 11) is 0. The molecule has 23 nitrogen and oxygen atoms in total. The maximum Gasteiger partial charge on any atom is 0.413 e. The number of carbonyl (C=O) groups excluding carboxylic acids is 4. The second-order valence-electron chi connectivity index (χ2n) is 16.4. The van der Waals surface area contributed by atoms with E-state index in [1.165, 1.54) is 73.2 Å². The van der Waals surface area contributed by atoms with Gasteiger partial charge in [-0.15, -0.1) is 12.3 Å². The number of terminal acetylenes is 1. The SMILES string of the molecule is C#CCC(NC(=O)Oc1ccc(-c2coc3cc(O)cc(O)c3c2=O)cc1)C(=O)CCC1(C)N=N1.CC1(CCC(=O)C(CN=[N+]=[N-])NC(=O)Oc2ccc(-c3coc4cc(O)cc(O)c4c3=O)cc2)N=N1. The van der Waals surface area contributed by atoms with Crippen molar-refractivity contribution in [1.29, 1.82) is 0 Å². The summed E-state index contributed by atoms with van der Waals surface area (Å²) in [6, 6.07) is 14.4. The van der Waals surface area contributed by atoms with Gasteiger partial charge in [0.05, 0.1) is 23.7 Å². The van der Waals surface area contributed by atoms with Crippen molar-refractivity contribution in [1.82, 2.24) is 10.6 Å². The molecule has 2 atom stereocenters. The molecule has 2 aliphatic heterocycles. The normalized spacial score (nSPS) is 14.1. The van der Waals surface area contributed by atoms with Crippen molar-refractivity contribution in [3.05, 3.63) is 116 Å². The lowest BCUT2D eigenvalue weighted by atomic mass is 10.0. The van der Waals surface area contributed by atoms with Crippen molar-refractivity contribution in [2.75, 3.05) is 6.54 Å². The standard InChI is InChI=1S/C25H21N3O7.C23H20N6O7/c1-3-4-18(19(30)9-10-25(2)27-28-25)26-24(33)35-16-7-5-14(6-8-16)17-13-34-21-12-15(29)11-20(31)22(21)23(17)32;1-23(27-28-23)7-6-17(31)16(10-25-29-24)26-22(34)36-14-4-2-12(3-5-14)15-11-35-19-9-13(30)8-18(32)20(19)21(15)33/h1,5-8,11-13,18,29,31H,4,9-10H2,2H3,(H,26,33);2-5,8-9,11,16,30,32H,6-7,10H2,1H3,(H,26,34). The predicted molar refractivity (Wildman–Crippen MR) is 251 cm³/mol. The molecule has 0 radical (unpaired) electrons. The Morgan fingerprint density at radius 3 is 1.51 bits per heavy atom. The van der Waals surface area contributed by atoms with Gasteiger partial charge in [0.2, 0.25) is 10.9 Å². The van der Waals surface area contributed by atoms with Crippen LogP contribution in [-0.4, -0.2) is 74.1 Å². The number of nitrogens with zero attached hydrogens (tertiary/aromatic N) is 7. The van der Waals surface area contributed by atoms with E-state index in [-0.39, 0.29) is 93.4 Å². The fourth-order valence-corrected chi connectivity index (χ4v) is 6.95. The Hall–Kier alpha value is -9.55. The fraction of sp³-hybridized carbons (Fsp3) is 0.250. The second kappa shape index (κ2) is 20.8. The molecule has 0 bridgehead atoms. The van der Waals surface area contributed by atoms with Crippen molar-refractivity contribution in [2.45, 2.75) is 69.4 Å². The third-order valence-corrected chi connectivity index (χ3v) is 11.0. The van der Waals surface area contributed by atoms with Gasteiger partial charge in [-0.1, -0.05) is 29.4 Å². The molecule has 0 aliphatic carbocycles. The minimum absolute atomic E-state index is 0.0141. The summed E-state index contributed by atoms with van der Waals surface area (Å²) < 4.78 is 21.2. The average Bonchev–Trinajstić information content (AvgIpc) is 4.26. The van der Waals surface area contributed by atoms with Crippen LogP contribution < -0.4 is 31.0 Å². The quantitative estimate of drug-likeness (QED) is 0.0218. The van der Waals surface area contributed by atoms with Gasteiger partial charge in [0.1, 0.15) is 75.0 Å². The van der Waals surface area contributed by atoms with Gasteiger partial charge in [-0.3, -0.25) is 19.2 Å². The van der Waals surface area contributed by atoms with Crippen molar-refractivity contribution in [2.24, 2.45) is 25.6 Å². The molecule has 6 aromatic rings. The minimum atomic E-state index is -1.08. The highest BCUT2D eigenvalue weighted by Crippen LogP contribution is 2.34. The summed E-state index contributed by atoms with van der Waals surface area (Å²) in [5.41, 5.74) is 7.71. The number of rotatable bonds is 17. The van der Waals surface area contributed by atoms with Crippen LogP contribution in [0.4, 0.5) is 9.59 Å². The van der Waals surface area contributed by atoms with Crippen LogP contribution in [0.1, 0.15) is 46.0 Å². The molecule has 71 heavy (non-hydrogen) atoms. The van der Waals surface area contributed by atoms with Crippen molar-refractivity contribution in [3.8, 4) is 69.1 Å². The molecule has 2 aliphatic rings. The molecule has 2 unspecified atom stereocenters. The Morgan fingerprint density at radius 1 is 0.704 bits per heavy atom. The highest BCUT2D eigenvalue weighted by Gasteiger charge is 2.36. The van der Waals surface area contributed by atoms with Gasteiger partial charge in [0.15, 0.2) is 22.9 Å². The highest BCUT2D eigenvalue weighted by atomic mass is 16.6. The van der Waals surface area contributed by atoms with Crippen LogP contribution in [0.5, 0.6) is 34.5 Å².